The Morgan fingerprint density at radius 2 is 1.12 bits per heavy atom. The van der Waals surface area contributed by atoms with Gasteiger partial charge in [-0.15, -0.1) is 0 Å². The Bertz CT molecular complexity index is 296. The van der Waals surface area contributed by atoms with Crippen LogP contribution in [0.3, 0.4) is 0 Å². The zero-order valence-corrected chi connectivity index (χ0v) is 17.2. The number of carbonyl (C=O) groups excluding carboxylic acids is 1. The highest BCUT2D eigenvalue weighted by Crippen LogP contribution is 2.10. The molecule has 2 heteroatoms. The van der Waals surface area contributed by atoms with E-state index in [1.807, 2.05) is 0 Å². The molecule has 0 fully saturated rings. The lowest BCUT2D eigenvalue weighted by Gasteiger charge is -2.04. The number of esters is 1. The van der Waals surface area contributed by atoms with E-state index in [-0.39, 0.29) is 5.97 Å². The molecular formula is C23H44O2. The first-order valence-corrected chi connectivity index (χ1v) is 11.1. The predicted octanol–water partition coefficient (Wildman–Crippen LogP) is 7.76. The third-order valence-corrected chi connectivity index (χ3v) is 4.65. The average molecular weight is 353 g/mol. The Morgan fingerprint density at radius 3 is 1.72 bits per heavy atom. The van der Waals surface area contributed by atoms with Gasteiger partial charge in [0.1, 0.15) is 0 Å². The van der Waals surface area contributed by atoms with Crippen LogP contribution in [0.25, 0.3) is 0 Å². The molecule has 0 atom stereocenters. The molecule has 0 aromatic heterocycles. The summed E-state index contributed by atoms with van der Waals surface area (Å²) in [5.74, 6) is -0.00581. The third kappa shape index (κ3) is 21.2. The van der Waals surface area contributed by atoms with Gasteiger partial charge in [0.15, 0.2) is 0 Å². The topological polar surface area (TPSA) is 26.3 Å². The van der Waals surface area contributed by atoms with Crippen LogP contribution in [0.1, 0.15) is 123 Å². The maximum atomic E-state index is 11.5. The van der Waals surface area contributed by atoms with Crippen LogP contribution >= 0.6 is 0 Å². The molecule has 0 amide bonds. The van der Waals surface area contributed by atoms with Gasteiger partial charge in [0.05, 0.1) is 6.61 Å². The molecule has 0 heterocycles. The lowest BCUT2D eigenvalue weighted by Crippen LogP contribution is -2.05. The Hall–Kier alpha value is -0.790. The molecule has 0 radical (unpaired) electrons. The van der Waals surface area contributed by atoms with Crippen molar-refractivity contribution in [3.8, 4) is 0 Å². The fraction of sp³-hybridized carbons (Fsp3) is 0.870. The van der Waals surface area contributed by atoms with E-state index in [1.54, 1.807) is 0 Å². The van der Waals surface area contributed by atoms with Gasteiger partial charge in [0.25, 0.3) is 0 Å². The molecular weight excluding hydrogens is 308 g/mol. The van der Waals surface area contributed by atoms with Crippen LogP contribution in [0.15, 0.2) is 12.2 Å². The van der Waals surface area contributed by atoms with Gasteiger partial charge in [-0.05, 0) is 38.5 Å². The SMILES string of the molecule is CCCCCCCCC=CCCCCCCCC(=O)OCCCCC. The molecule has 0 spiro atoms. The number of hydrogen-bond acceptors (Lipinski definition) is 2. The number of unbranched alkanes of at least 4 members (excludes halogenated alkanes) is 13. The molecule has 0 saturated carbocycles. The lowest BCUT2D eigenvalue weighted by atomic mass is 10.1. The van der Waals surface area contributed by atoms with E-state index in [0.29, 0.717) is 13.0 Å². The van der Waals surface area contributed by atoms with E-state index < -0.39 is 0 Å². The van der Waals surface area contributed by atoms with E-state index in [0.717, 1.165) is 25.7 Å². The second-order valence-corrected chi connectivity index (χ2v) is 7.26. The van der Waals surface area contributed by atoms with Crippen LogP contribution in [-0.2, 0) is 9.53 Å². The van der Waals surface area contributed by atoms with Crippen LogP contribution in [0.4, 0.5) is 0 Å². The van der Waals surface area contributed by atoms with Crippen LogP contribution in [0.2, 0.25) is 0 Å². The summed E-state index contributed by atoms with van der Waals surface area (Å²) >= 11 is 0. The molecule has 0 aliphatic rings. The van der Waals surface area contributed by atoms with Gasteiger partial charge in [-0.25, -0.2) is 0 Å². The fourth-order valence-corrected chi connectivity index (χ4v) is 2.95. The number of ether oxygens (including phenoxy) is 1. The molecule has 0 aromatic rings. The molecule has 25 heavy (non-hydrogen) atoms. The van der Waals surface area contributed by atoms with Gasteiger partial charge >= 0.3 is 5.97 Å². The van der Waals surface area contributed by atoms with E-state index in [1.165, 1.54) is 77.0 Å². The quantitative estimate of drug-likeness (QED) is 0.135. The number of carbonyl (C=O) groups is 1. The molecule has 2 nitrogen and oxygen atoms in total. The minimum absolute atomic E-state index is 0.00581. The maximum Gasteiger partial charge on any atom is 0.305 e. The molecule has 148 valence electrons. The first-order chi connectivity index (χ1) is 12.3. The molecule has 0 bridgehead atoms. The summed E-state index contributed by atoms with van der Waals surface area (Å²) in [6.45, 7) is 5.04. The monoisotopic (exact) mass is 352 g/mol. The Labute approximate surface area is 157 Å². The zero-order chi connectivity index (χ0) is 18.4. The Kier molecular flexibility index (Phi) is 20.6. The smallest absolute Gasteiger partial charge is 0.305 e. The van der Waals surface area contributed by atoms with Gasteiger partial charge in [0, 0.05) is 6.42 Å². The highest BCUT2D eigenvalue weighted by Gasteiger charge is 2.01. The van der Waals surface area contributed by atoms with Crippen molar-refractivity contribution >= 4 is 5.97 Å². The van der Waals surface area contributed by atoms with Crippen molar-refractivity contribution in [2.75, 3.05) is 6.61 Å². The molecule has 0 saturated heterocycles. The predicted molar refractivity (Wildman–Crippen MR) is 110 cm³/mol. The first-order valence-electron chi connectivity index (χ1n) is 11.1. The molecule has 0 unspecified atom stereocenters. The average Bonchev–Trinajstić information content (AvgIpc) is 2.62. The van der Waals surface area contributed by atoms with E-state index in [9.17, 15) is 4.79 Å². The largest absolute Gasteiger partial charge is 0.466 e. The van der Waals surface area contributed by atoms with E-state index in [4.69, 9.17) is 4.74 Å². The highest BCUT2D eigenvalue weighted by atomic mass is 16.5. The summed E-state index contributed by atoms with van der Waals surface area (Å²) in [4.78, 5) is 11.5. The summed E-state index contributed by atoms with van der Waals surface area (Å²) in [6.07, 6.45) is 25.4. The lowest BCUT2D eigenvalue weighted by molar-refractivity contribution is -0.143. The second-order valence-electron chi connectivity index (χ2n) is 7.26. The van der Waals surface area contributed by atoms with Gasteiger partial charge in [-0.3, -0.25) is 4.79 Å². The second kappa shape index (κ2) is 21.3. The summed E-state index contributed by atoms with van der Waals surface area (Å²) in [7, 11) is 0. The zero-order valence-electron chi connectivity index (χ0n) is 17.2. The van der Waals surface area contributed by atoms with Crippen LogP contribution in [0, 0.1) is 0 Å². The van der Waals surface area contributed by atoms with Crippen LogP contribution < -0.4 is 0 Å². The number of allylic oxidation sites excluding steroid dienone is 2. The highest BCUT2D eigenvalue weighted by molar-refractivity contribution is 5.69. The van der Waals surface area contributed by atoms with E-state index in [2.05, 4.69) is 26.0 Å². The van der Waals surface area contributed by atoms with E-state index >= 15 is 0 Å². The van der Waals surface area contributed by atoms with Gasteiger partial charge in [0.2, 0.25) is 0 Å². The molecule has 0 aliphatic heterocycles. The van der Waals surface area contributed by atoms with Crippen LogP contribution in [-0.4, -0.2) is 12.6 Å². The van der Waals surface area contributed by atoms with Gasteiger partial charge in [-0.1, -0.05) is 90.2 Å². The molecule has 0 aliphatic carbocycles. The molecule has 0 N–H and O–H groups in total. The normalized spacial score (nSPS) is 11.3. The molecule has 0 rings (SSSR count). The minimum atomic E-state index is -0.00581. The van der Waals surface area contributed by atoms with Crippen molar-refractivity contribution in [3.05, 3.63) is 12.2 Å². The van der Waals surface area contributed by atoms with Crippen LogP contribution in [0.5, 0.6) is 0 Å². The standard InChI is InChI=1S/C23H44O2/c1-3-5-7-8-9-10-11-12-13-14-15-16-17-18-19-21-23(24)25-22-20-6-4-2/h12-13H,3-11,14-22H2,1-2H3. The number of rotatable bonds is 19. The third-order valence-electron chi connectivity index (χ3n) is 4.65. The van der Waals surface area contributed by atoms with Crippen molar-refractivity contribution in [1.29, 1.82) is 0 Å². The van der Waals surface area contributed by atoms with Gasteiger partial charge in [-0.2, -0.15) is 0 Å². The van der Waals surface area contributed by atoms with Gasteiger partial charge < -0.3 is 4.74 Å². The Balaban J connectivity index is 3.17. The van der Waals surface area contributed by atoms with Crippen molar-refractivity contribution in [3.63, 3.8) is 0 Å². The van der Waals surface area contributed by atoms with Crippen molar-refractivity contribution < 1.29 is 9.53 Å². The van der Waals surface area contributed by atoms with Crippen molar-refractivity contribution in [2.45, 2.75) is 123 Å². The summed E-state index contributed by atoms with van der Waals surface area (Å²) in [5, 5.41) is 0. The minimum Gasteiger partial charge on any atom is -0.466 e. The molecule has 0 aromatic carbocycles. The first kappa shape index (κ1) is 24.2. The van der Waals surface area contributed by atoms with Crippen molar-refractivity contribution in [2.24, 2.45) is 0 Å². The summed E-state index contributed by atoms with van der Waals surface area (Å²) < 4.78 is 5.22. The Morgan fingerprint density at radius 1 is 0.640 bits per heavy atom. The van der Waals surface area contributed by atoms with Crippen molar-refractivity contribution in [1.82, 2.24) is 0 Å². The maximum absolute atomic E-state index is 11.5. The summed E-state index contributed by atoms with van der Waals surface area (Å²) in [5.41, 5.74) is 0. The fourth-order valence-electron chi connectivity index (χ4n) is 2.95. The number of hydrogen-bond donors (Lipinski definition) is 0. The summed E-state index contributed by atoms with van der Waals surface area (Å²) in [6, 6.07) is 0.